The Bertz CT molecular complexity index is 239. The molecule has 1 aliphatic heterocycles. The molecule has 1 saturated carbocycles. The largest absolute Gasteiger partial charge is 0.376 e. The Balaban J connectivity index is 1.62. The predicted molar refractivity (Wildman–Crippen MR) is 62.0 cm³/mol. The van der Waals surface area contributed by atoms with Crippen molar-refractivity contribution in [3.8, 4) is 0 Å². The summed E-state index contributed by atoms with van der Waals surface area (Å²) in [5.74, 6) is 0.0900. The first-order chi connectivity index (χ1) is 7.77. The molecule has 1 heterocycles. The number of rotatable bonds is 4. The van der Waals surface area contributed by atoms with E-state index in [1.807, 2.05) is 4.90 Å². The molecule has 1 amide bonds. The van der Waals surface area contributed by atoms with Crippen LogP contribution in [0.4, 0.5) is 0 Å². The molecule has 16 heavy (non-hydrogen) atoms. The maximum atomic E-state index is 11.5. The van der Waals surface area contributed by atoms with Crippen LogP contribution in [0, 0.1) is 0 Å². The number of hydrogen-bond donors (Lipinski definition) is 1. The molecular formula is C12H22N2O2. The van der Waals surface area contributed by atoms with E-state index < -0.39 is 0 Å². The Labute approximate surface area is 97.1 Å². The summed E-state index contributed by atoms with van der Waals surface area (Å²) in [6.07, 6.45) is 7.53. The Kier molecular flexibility index (Phi) is 4.18. The number of carbonyl (C=O) groups excluding carboxylic acids is 1. The molecule has 0 aromatic carbocycles. The molecule has 92 valence electrons. The van der Waals surface area contributed by atoms with Gasteiger partial charge in [-0.2, -0.15) is 0 Å². The van der Waals surface area contributed by atoms with Crippen LogP contribution in [0.15, 0.2) is 0 Å². The summed E-state index contributed by atoms with van der Waals surface area (Å²) >= 11 is 0. The molecule has 2 N–H and O–H groups in total. The van der Waals surface area contributed by atoms with E-state index in [-0.39, 0.29) is 11.9 Å². The quantitative estimate of drug-likeness (QED) is 0.774. The molecule has 2 rings (SSSR count). The smallest absolute Gasteiger partial charge is 0.239 e. The van der Waals surface area contributed by atoms with Gasteiger partial charge < -0.3 is 15.4 Å². The molecule has 1 saturated heterocycles. The monoisotopic (exact) mass is 226 g/mol. The van der Waals surface area contributed by atoms with Gasteiger partial charge in [-0.15, -0.1) is 0 Å². The topological polar surface area (TPSA) is 55.6 Å². The lowest BCUT2D eigenvalue weighted by Crippen LogP contribution is -2.36. The minimum Gasteiger partial charge on any atom is -0.376 e. The number of nitrogens with zero attached hydrogens (tertiary/aromatic N) is 1. The second kappa shape index (κ2) is 5.64. The standard InChI is InChI=1S/C12H22N2O2/c13-11-6-7-14(12(11)15)8-9-16-10-4-2-1-3-5-10/h10-11H,1-9,13H2. The van der Waals surface area contributed by atoms with Gasteiger partial charge in [-0.3, -0.25) is 4.79 Å². The van der Waals surface area contributed by atoms with E-state index in [0.29, 0.717) is 19.3 Å². The summed E-state index contributed by atoms with van der Waals surface area (Å²) in [6, 6.07) is -0.269. The fourth-order valence-electron chi connectivity index (χ4n) is 2.55. The highest BCUT2D eigenvalue weighted by molar-refractivity contribution is 5.83. The average molecular weight is 226 g/mol. The van der Waals surface area contributed by atoms with Crippen molar-refractivity contribution in [3.05, 3.63) is 0 Å². The number of likely N-dealkylation sites (tertiary alicyclic amines) is 1. The third kappa shape index (κ3) is 2.95. The van der Waals surface area contributed by atoms with Crippen LogP contribution < -0.4 is 5.73 Å². The zero-order valence-electron chi connectivity index (χ0n) is 9.86. The van der Waals surface area contributed by atoms with Crippen molar-refractivity contribution in [1.82, 2.24) is 4.90 Å². The van der Waals surface area contributed by atoms with Crippen LogP contribution in [-0.2, 0) is 9.53 Å². The van der Waals surface area contributed by atoms with Crippen molar-refractivity contribution in [2.24, 2.45) is 5.73 Å². The van der Waals surface area contributed by atoms with Crippen molar-refractivity contribution in [2.75, 3.05) is 19.7 Å². The second-order valence-corrected chi connectivity index (χ2v) is 4.85. The van der Waals surface area contributed by atoms with Crippen molar-refractivity contribution < 1.29 is 9.53 Å². The van der Waals surface area contributed by atoms with E-state index in [9.17, 15) is 4.79 Å². The van der Waals surface area contributed by atoms with Crippen LogP contribution >= 0.6 is 0 Å². The molecule has 4 nitrogen and oxygen atoms in total. The predicted octanol–water partition coefficient (Wildman–Crippen LogP) is 0.895. The summed E-state index contributed by atoms with van der Waals surface area (Å²) in [6.45, 7) is 2.18. The molecule has 1 unspecified atom stereocenters. The molecule has 1 aliphatic carbocycles. The highest BCUT2D eigenvalue weighted by Gasteiger charge is 2.28. The Morgan fingerprint density at radius 2 is 2.00 bits per heavy atom. The zero-order valence-corrected chi connectivity index (χ0v) is 9.86. The summed E-state index contributed by atoms with van der Waals surface area (Å²) < 4.78 is 5.79. The summed E-state index contributed by atoms with van der Waals surface area (Å²) in [5.41, 5.74) is 5.65. The van der Waals surface area contributed by atoms with Crippen molar-refractivity contribution in [3.63, 3.8) is 0 Å². The van der Waals surface area contributed by atoms with Crippen LogP contribution in [0.25, 0.3) is 0 Å². The van der Waals surface area contributed by atoms with Crippen LogP contribution in [0.2, 0.25) is 0 Å². The maximum Gasteiger partial charge on any atom is 0.239 e. The van der Waals surface area contributed by atoms with Gasteiger partial charge in [-0.25, -0.2) is 0 Å². The normalized spacial score (nSPS) is 27.7. The third-order valence-corrected chi connectivity index (χ3v) is 3.61. The molecule has 0 radical (unpaired) electrons. The Hall–Kier alpha value is -0.610. The first kappa shape index (κ1) is 11.9. The highest BCUT2D eigenvalue weighted by Crippen LogP contribution is 2.20. The molecule has 2 fully saturated rings. The van der Waals surface area contributed by atoms with Gasteiger partial charge in [0.2, 0.25) is 5.91 Å². The number of nitrogens with two attached hydrogens (primary N) is 1. The Morgan fingerprint density at radius 3 is 2.62 bits per heavy atom. The number of carbonyl (C=O) groups is 1. The fraction of sp³-hybridized carbons (Fsp3) is 0.917. The summed E-state index contributed by atoms with van der Waals surface area (Å²) in [5, 5.41) is 0. The van der Waals surface area contributed by atoms with E-state index in [1.54, 1.807) is 0 Å². The van der Waals surface area contributed by atoms with Crippen LogP contribution in [0.5, 0.6) is 0 Å². The Morgan fingerprint density at radius 1 is 1.25 bits per heavy atom. The van der Waals surface area contributed by atoms with Gasteiger partial charge >= 0.3 is 0 Å². The molecule has 1 atom stereocenters. The minimum absolute atomic E-state index is 0.0900. The van der Waals surface area contributed by atoms with E-state index in [0.717, 1.165) is 13.0 Å². The maximum absolute atomic E-state index is 11.5. The highest BCUT2D eigenvalue weighted by atomic mass is 16.5. The van der Waals surface area contributed by atoms with Crippen LogP contribution in [-0.4, -0.2) is 42.6 Å². The van der Waals surface area contributed by atoms with Crippen LogP contribution in [0.3, 0.4) is 0 Å². The van der Waals surface area contributed by atoms with E-state index >= 15 is 0 Å². The molecule has 4 heteroatoms. The lowest BCUT2D eigenvalue weighted by atomic mass is 9.98. The van der Waals surface area contributed by atoms with Gasteiger partial charge in [-0.1, -0.05) is 19.3 Å². The molecule has 0 bridgehead atoms. The minimum atomic E-state index is -0.269. The number of amides is 1. The van der Waals surface area contributed by atoms with Gasteiger partial charge in [0.1, 0.15) is 0 Å². The number of hydrogen-bond acceptors (Lipinski definition) is 3. The zero-order chi connectivity index (χ0) is 11.4. The van der Waals surface area contributed by atoms with Gasteiger partial charge in [0, 0.05) is 13.1 Å². The fourth-order valence-corrected chi connectivity index (χ4v) is 2.55. The van der Waals surface area contributed by atoms with E-state index in [2.05, 4.69) is 0 Å². The molecule has 0 aromatic rings. The summed E-state index contributed by atoms with van der Waals surface area (Å²) in [7, 11) is 0. The molecular weight excluding hydrogens is 204 g/mol. The first-order valence-electron chi connectivity index (χ1n) is 6.43. The average Bonchev–Trinajstić information content (AvgIpc) is 2.62. The van der Waals surface area contributed by atoms with Gasteiger partial charge in [0.15, 0.2) is 0 Å². The first-order valence-corrected chi connectivity index (χ1v) is 6.43. The third-order valence-electron chi connectivity index (χ3n) is 3.61. The lowest BCUT2D eigenvalue weighted by molar-refractivity contribution is -0.129. The van der Waals surface area contributed by atoms with E-state index in [4.69, 9.17) is 10.5 Å². The van der Waals surface area contributed by atoms with Crippen molar-refractivity contribution in [1.29, 1.82) is 0 Å². The van der Waals surface area contributed by atoms with Gasteiger partial charge in [0.05, 0.1) is 18.8 Å². The van der Waals surface area contributed by atoms with Crippen molar-refractivity contribution in [2.45, 2.75) is 50.7 Å². The van der Waals surface area contributed by atoms with Gasteiger partial charge in [-0.05, 0) is 19.3 Å². The SMILES string of the molecule is NC1CCN(CCOC2CCCCC2)C1=O. The van der Waals surface area contributed by atoms with Gasteiger partial charge in [0.25, 0.3) is 0 Å². The second-order valence-electron chi connectivity index (χ2n) is 4.85. The number of ether oxygens (including phenoxy) is 1. The molecule has 0 spiro atoms. The molecule has 0 aromatic heterocycles. The molecule has 2 aliphatic rings. The van der Waals surface area contributed by atoms with Crippen LogP contribution in [0.1, 0.15) is 38.5 Å². The lowest BCUT2D eigenvalue weighted by Gasteiger charge is -2.23. The van der Waals surface area contributed by atoms with Crippen molar-refractivity contribution >= 4 is 5.91 Å². The van der Waals surface area contributed by atoms with E-state index in [1.165, 1.54) is 32.1 Å². The summed E-state index contributed by atoms with van der Waals surface area (Å²) in [4.78, 5) is 13.4.